The van der Waals surface area contributed by atoms with Gasteiger partial charge in [-0.15, -0.1) is 5.10 Å². The van der Waals surface area contributed by atoms with Gasteiger partial charge in [-0.05, 0) is 54.4 Å². The molecule has 1 fully saturated rings. The van der Waals surface area contributed by atoms with Crippen molar-refractivity contribution in [3.8, 4) is 0 Å². The van der Waals surface area contributed by atoms with Gasteiger partial charge >= 0.3 is 5.97 Å². The summed E-state index contributed by atoms with van der Waals surface area (Å²) in [6, 6.07) is -0.708. The van der Waals surface area contributed by atoms with Crippen molar-refractivity contribution in [1.82, 2.24) is 20.2 Å². The molecule has 2 rings (SSSR count). The second-order valence-corrected chi connectivity index (χ2v) is 6.91. The molecule has 0 radical (unpaired) electrons. The van der Waals surface area contributed by atoms with E-state index in [1.165, 1.54) is 4.68 Å². The van der Waals surface area contributed by atoms with Crippen molar-refractivity contribution in [3.05, 3.63) is 5.82 Å². The van der Waals surface area contributed by atoms with E-state index in [1.54, 1.807) is 6.92 Å². The monoisotopic (exact) mass is 280 g/mol. The summed E-state index contributed by atoms with van der Waals surface area (Å²) in [5.41, 5.74) is 0.339. The van der Waals surface area contributed by atoms with Crippen LogP contribution in [0.3, 0.4) is 0 Å². The van der Waals surface area contributed by atoms with Crippen LogP contribution < -0.4 is 0 Å². The molecule has 0 saturated heterocycles. The van der Waals surface area contributed by atoms with Crippen LogP contribution in [-0.2, 0) is 4.79 Å². The fraction of sp³-hybridized carbons (Fsp3) is 0.857. The maximum Gasteiger partial charge on any atom is 0.328 e. The van der Waals surface area contributed by atoms with Gasteiger partial charge in [0.2, 0.25) is 0 Å². The minimum atomic E-state index is -0.901. The summed E-state index contributed by atoms with van der Waals surface area (Å²) < 4.78 is 1.46. The van der Waals surface area contributed by atoms with Crippen molar-refractivity contribution in [3.63, 3.8) is 0 Å². The van der Waals surface area contributed by atoms with Gasteiger partial charge in [0.1, 0.15) is 6.04 Å². The van der Waals surface area contributed by atoms with Crippen LogP contribution in [0.4, 0.5) is 0 Å². The average Bonchev–Trinajstić information content (AvgIpc) is 2.85. The van der Waals surface area contributed by atoms with Gasteiger partial charge < -0.3 is 5.11 Å². The Morgan fingerprint density at radius 3 is 2.40 bits per heavy atom. The molecule has 1 aromatic rings. The second-order valence-electron chi connectivity index (χ2n) is 6.91. The number of carbonyl (C=O) groups is 1. The molecule has 0 amide bonds. The Balaban J connectivity index is 2.08. The largest absolute Gasteiger partial charge is 0.480 e. The number of rotatable bonds is 3. The quantitative estimate of drug-likeness (QED) is 0.920. The normalized spacial score (nSPS) is 25.4. The molecule has 1 unspecified atom stereocenters. The summed E-state index contributed by atoms with van der Waals surface area (Å²) in [5, 5.41) is 20.7. The van der Waals surface area contributed by atoms with Crippen LogP contribution in [0.5, 0.6) is 0 Å². The molecule has 1 atom stereocenters. The van der Waals surface area contributed by atoms with Crippen LogP contribution in [0.1, 0.15) is 71.2 Å². The minimum absolute atomic E-state index is 0.283. The Kier molecular flexibility index (Phi) is 4.11. The molecule has 0 aliphatic heterocycles. The van der Waals surface area contributed by atoms with E-state index in [9.17, 15) is 4.79 Å². The van der Waals surface area contributed by atoms with Crippen molar-refractivity contribution in [2.75, 3.05) is 0 Å². The Morgan fingerprint density at radius 2 is 1.90 bits per heavy atom. The number of tetrazole rings is 1. The van der Waals surface area contributed by atoms with Crippen LogP contribution in [0.25, 0.3) is 0 Å². The summed E-state index contributed by atoms with van der Waals surface area (Å²) in [6.45, 7) is 8.47. The molecule has 1 aliphatic carbocycles. The number of hydrogen-bond acceptors (Lipinski definition) is 4. The third-order valence-electron chi connectivity index (χ3n) is 4.56. The van der Waals surface area contributed by atoms with Crippen molar-refractivity contribution in [2.24, 2.45) is 11.3 Å². The maximum atomic E-state index is 11.1. The molecule has 112 valence electrons. The number of hydrogen-bond donors (Lipinski definition) is 1. The molecular weight excluding hydrogens is 256 g/mol. The maximum absolute atomic E-state index is 11.1. The zero-order valence-electron chi connectivity index (χ0n) is 12.7. The van der Waals surface area contributed by atoms with Crippen LogP contribution in [0.2, 0.25) is 0 Å². The molecule has 1 aliphatic rings. The predicted octanol–water partition coefficient (Wildman–Crippen LogP) is 2.64. The lowest BCUT2D eigenvalue weighted by Crippen LogP contribution is -2.27. The van der Waals surface area contributed by atoms with Crippen molar-refractivity contribution in [2.45, 2.75) is 65.3 Å². The number of carboxylic acid groups (broad SMARTS) is 1. The number of aliphatic carboxylic acids is 1. The van der Waals surface area contributed by atoms with Crippen LogP contribution in [0, 0.1) is 11.3 Å². The van der Waals surface area contributed by atoms with Crippen LogP contribution >= 0.6 is 0 Å². The van der Waals surface area contributed by atoms with E-state index in [2.05, 4.69) is 36.3 Å². The lowest BCUT2D eigenvalue weighted by Gasteiger charge is -2.36. The number of aromatic nitrogens is 4. The lowest BCUT2D eigenvalue weighted by molar-refractivity contribution is -0.140. The topological polar surface area (TPSA) is 80.9 Å². The average molecular weight is 280 g/mol. The van der Waals surface area contributed by atoms with Gasteiger partial charge in [0.25, 0.3) is 0 Å². The Labute approximate surface area is 119 Å². The van der Waals surface area contributed by atoms with E-state index >= 15 is 0 Å². The molecule has 0 spiro atoms. The summed E-state index contributed by atoms with van der Waals surface area (Å²) in [4.78, 5) is 11.1. The highest BCUT2D eigenvalue weighted by Crippen LogP contribution is 2.42. The van der Waals surface area contributed by atoms with Gasteiger partial charge in [0, 0.05) is 5.92 Å². The molecule has 0 aromatic carbocycles. The second kappa shape index (κ2) is 5.50. The molecule has 6 heteroatoms. The van der Waals surface area contributed by atoms with Gasteiger partial charge in [-0.25, -0.2) is 9.48 Å². The van der Waals surface area contributed by atoms with Gasteiger partial charge in [-0.1, -0.05) is 20.8 Å². The van der Waals surface area contributed by atoms with Crippen molar-refractivity contribution < 1.29 is 9.90 Å². The van der Waals surface area contributed by atoms with E-state index in [4.69, 9.17) is 5.11 Å². The summed E-state index contributed by atoms with van der Waals surface area (Å²) in [5.74, 6) is 0.833. The molecule has 20 heavy (non-hydrogen) atoms. The molecule has 6 nitrogen and oxygen atoms in total. The zero-order valence-corrected chi connectivity index (χ0v) is 12.7. The standard InChI is InChI=1S/C14H24N4O2/c1-9(13(19)20)18-12(15-16-17-18)10-5-7-11(8-6-10)14(2,3)4/h9-11H,5-8H2,1-4H3,(H,19,20). The predicted molar refractivity (Wildman–Crippen MR) is 74.3 cm³/mol. The zero-order chi connectivity index (χ0) is 14.9. The first-order valence-corrected chi connectivity index (χ1v) is 7.31. The molecule has 0 bridgehead atoms. The Bertz CT molecular complexity index is 470. The minimum Gasteiger partial charge on any atom is -0.480 e. The van der Waals surface area contributed by atoms with Gasteiger partial charge in [-0.3, -0.25) is 0 Å². The summed E-state index contributed by atoms with van der Waals surface area (Å²) in [7, 11) is 0. The molecule has 1 aromatic heterocycles. The first-order chi connectivity index (χ1) is 9.30. The van der Waals surface area contributed by atoms with E-state index in [-0.39, 0.29) is 5.92 Å². The number of carboxylic acids is 1. The molecule has 1 saturated carbocycles. The van der Waals surface area contributed by atoms with Crippen LogP contribution in [0.15, 0.2) is 0 Å². The SMILES string of the molecule is CC(C(=O)O)n1nnnc1C1CCC(C(C)(C)C)CC1. The highest BCUT2D eigenvalue weighted by atomic mass is 16.4. The first-order valence-electron chi connectivity index (χ1n) is 7.31. The first kappa shape index (κ1) is 14.9. The molecule has 1 heterocycles. The van der Waals surface area contributed by atoms with Gasteiger partial charge in [0.15, 0.2) is 5.82 Å². The highest BCUT2D eigenvalue weighted by molar-refractivity contribution is 5.71. The van der Waals surface area contributed by atoms with Crippen LogP contribution in [-0.4, -0.2) is 31.3 Å². The number of nitrogens with zero attached hydrogens (tertiary/aromatic N) is 4. The van der Waals surface area contributed by atoms with E-state index in [1.807, 2.05) is 0 Å². The fourth-order valence-corrected chi connectivity index (χ4v) is 3.07. The third kappa shape index (κ3) is 2.99. The highest BCUT2D eigenvalue weighted by Gasteiger charge is 2.33. The van der Waals surface area contributed by atoms with Crippen molar-refractivity contribution in [1.29, 1.82) is 0 Å². The van der Waals surface area contributed by atoms with E-state index in [0.29, 0.717) is 5.41 Å². The van der Waals surface area contributed by atoms with E-state index in [0.717, 1.165) is 37.4 Å². The summed E-state index contributed by atoms with van der Waals surface area (Å²) in [6.07, 6.45) is 4.38. The fourth-order valence-electron chi connectivity index (χ4n) is 3.07. The van der Waals surface area contributed by atoms with Gasteiger partial charge in [0.05, 0.1) is 0 Å². The van der Waals surface area contributed by atoms with Gasteiger partial charge in [-0.2, -0.15) is 0 Å². The molecule has 1 N–H and O–H groups in total. The molecular formula is C14H24N4O2. The lowest BCUT2D eigenvalue weighted by atomic mass is 9.69. The van der Waals surface area contributed by atoms with E-state index < -0.39 is 12.0 Å². The third-order valence-corrected chi connectivity index (χ3v) is 4.56. The summed E-state index contributed by atoms with van der Waals surface area (Å²) >= 11 is 0. The Morgan fingerprint density at radius 1 is 1.30 bits per heavy atom. The Hall–Kier alpha value is -1.46. The smallest absolute Gasteiger partial charge is 0.328 e. The van der Waals surface area contributed by atoms with Crippen molar-refractivity contribution >= 4 is 5.97 Å².